The lowest BCUT2D eigenvalue weighted by Crippen LogP contribution is -2.22. The van der Waals surface area contributed by atoms with Gasteiger partial charge in [-0.25, -0.2) is 0 Å². The minimum absolute atomic E-state index is 0.131. The number of aryl methyl sites for hydroxylation is 1. The van der Waals surface area contributed by atoms with Gasteiger partial charge in [-0.2, -0.15) is 0 Å². The lowest BCUT2D eigenvalue weighted by molar-refractivity contribution is -0.117. The van der Waals surface area contributed by atoms with Crippen LogP contribution < -0.4 is 4.90 Å². The van der Waals surface area contributed by atoms with Crippen molar-refractivity contribution in [2.75, 3.05) is 11.4 Å². The second-order valence-corrected chi connectivity index (χ2v) is 2.96. The second-order valence-electron chi connectivity index (χ2n) is 2.96. The van der Waals surface area contributed by atoms with Crippen molar-refractivity contribution in [3.8, 4) is 0 Å². The van der Waals surface area contributed by atoms with Gasteiger partial charge in [-0.1, -0.05) is 5.16 Å². The molecule has 1 aromatic rings. The van der Waals surface area contributed by atoms with Crippen LogP contribution in [0.5, 0.6) is 0 Å². The Kier molecular flexibility index (Phi) is 1.60. The molecule has 0 aromatic carbocycles. The van der Waals surface area contributed by atoms with Gasteiger partial charge in [0.25, 0.3) is 0 Å². The van der Waals surface area contributed by atoms with Crippen molar-refractivity contribution < 1.29 is 9.32 Å². The van der Waals surface area contributed by atoms with E-state index in [9.17, 15) is 4.79 Å². The van der Waals surface area contributed by atoms with Crippen molar-refractivity contribution in [3.63, 3.8) is 0 Å². The summed E-state index contributed by atoms with van der Waals surface area (Å²) in [5, 5.41) is 3.73. The molecular formula is C8H10N2O2. The summed E-state index contributed by atoms with van der Waals surface area (Å²) in [5.74, 6) is 0.709. The maximum absolute atomic E-state index is 11.2. The highest BCUT2D eigenvalue weighted by atomic mass is 16.5. The first kappa shape index (κ1) is 7.34. The highest BCUT2D eigenvalue weighted by Gasteiger charge is 2.24. The predicted molar refractivity (Wildman–Crippen MR) is 42.8 cm³/mol. The number of nitrogens with zero attached hydrogens (tertiary/aromatic N) is 2. The maximum atomic E-state index is 11.2. The van der Waals surface area contributed by atoms with Gasteiger partial charge in [0, 0.05) is 19.0 Å². The number of aromatic nitrogens is 1. The lowest BCUT2D eigenvalue weighted by Gasteiger charge is -2.08. The Hall–Kier alpha value is -1.32. The van der Waals surface area contributed by atoms with E-state index in [-0.39, 0.29) is 5.91 Å². The average Bonchev–Trinajstić information content (AvgIpc) is 2.58. The van der Waals surface area contributed by atoms with Crippen LogP contribution in [0.4, 0.5) is 5.88 Å². The van der Waals surface area contributed by atoms with Crippen LogP contribution in [0.2, 0.25) is 0 Å². The summed E-state index contributed by atoms with van der Waals surface area (Å²) in [6.07, 6.45) is 1.54. The van der Waals surface area contributed by atoms with E-state index in [0.717, 1.165) is 18.7 Å². The quantitative estimate of drug-likeness (QED) is 0.627. The summed E-state index contributed by atoms with van der Waals surface area (Å²) in [7, 11) is 0. The summed E-state index contributed by atoms with van der Waals surface area (Å²) in [6.45, 7) is 2.60. The van der Waals surface area contributed by atoms with Gasteiger partial charge in [0.2, 0.25) is 11.8 Å². The monoisotopic (exact) mass is 166 g/mol. The summed E-state index contributed by atoms with van der Waals surface area (Å²) in [4.78, 5) is 12.9. The van der Waals surface area contributed by atoms with Crippen LogP contribution in [-0.4, -0.2) is 17.6 Å². The molecule has 2 heterocycles. The number of anilines is 1. The van der Waals surface area contributed by atoms with E-state index in [1.54, 1.807) is 11.0 Å². The maximum Gasteiger partial charge on any atom is 0.234 e. The molecule has 1 aliphatic rings. The van der Waals surface area contributed by atoms with E-state index >= 15 is 0 Å². The van der Waals surface area contributed by atoms with Crippen molar-refractivity contribution >= 4 is 11.8 Å². The van der Waals surface area contributed by atoms with Gasteiger partial charge in [-0.05, 0) is 13.3 Å². The van der Waals surface area contributed by atoms with Crippen molar-refractivity contribution in [2.45, 2.75) is 19.8 Å². The SMILES string of the molecule is Cc1cc(N2CCCC2=O)on1. The predicted octanol–water partition coefficient (Wildman–Crippen LogP) is 1.11. The second kappa shape index (κ2) is 2.62. The number of amides is 1. The number of rotatable bonds is 1. The van der Waals surface area contributed by atoms with Gasteiger partial charge in [0.15, 0.2) is 0 Å². The summed E-state index contributed by atoms with van der Waals surface area (Å²) in [6, 6.07) is 1.78. The van der Waals surface area contributed by atoms with Crippen molar-refractivity contribution in [1.82, 2.24) is 5.16 Å². The molecule has 0 saturated carbocycles. The third-order valence-corrected chi connectivity index (χ3v) is 1.95. The molecule has 0 aliphatic carbocycles. The Bertz CT molecular complexity index is 306. The molecule has 4 heteroatoms. The van der Waals surface area contributed by atoms with Gasteiger partial charge in [0.1, 0.15) is 0 Å². The van der Waals surface area contributed by atoms with Crippen molar-refractivity contribution in [3.05, 3.63) is 11.8 Å². The van der Waals surface area contributed by atoms with E-state index in [0.29, 0.717) is 12.3 Å². The van der Waals surface area contributed by atoms with Crippen LogP contribution in [0.3, 0.4) is 0 Å². The first-order chi connectivity index (χ1) is 5.77. The molecule has 4 nitrogen and oxygen atoms in total. The Balaban J connectivity index is 2.24. The normalized spacial score (nSPS) is 17.4. The fraction of sp³-hybridized carbons (Fsp3) is 0.500. The van der Waals surface area contributed by atoms with E-state index in [1.807, 2.05) is 6.92 Å². The standard InChI is InChI=1S/C8H10N2O2/c1-6-5-8(12-9-6)10-4-2-3-7(10)11/h5H,2-4H2,1H3. The molecule has 2 rings (SSSR count). The summed E-state index contributed by atoms with van der Waals surface area (Å²) < 4.78 is 4.97. The van der Waals surface area contributed by atoms with Crippen LogP contribution in [0.15, 0.2) is 10.6 Å². The lowest BCUT2D eigenvalue weighted by atomic mass is 10.4. The van der Waals surface area contributed by atoms with Crippen LogP contribution in [0.25, 0.3) is 0 Å². The minimum atomic E-state index is 0.131. The number of hydrogen-bond donors (Lipinski definition) is 0. The zero-order valence-corrected chi connectivity index (χ0v) is 6.91. The Labute approximate surface area is 70.1 Å². The summed E-state index contributed by atoms with van der Waals surface area (Å²) in [5.41, 5.74) is 0.810. The topological polar surface area (TPSA) is 46.3 Å². The molecule has 1 saturated heterocycles. The van der Waals surface area contributed by atoms with Gasteiger partial charge in [-0.15, -0.1) is 0 Å². The van der Waals surface area contributed by atoms with Crippen LogP contribution in [0, 0.1) is 6.92 Å². The van der Waals surface area contributed by atoms with E-state index in [2.05, 4.69) is 5.16 Å². The third kappa shape index (κ3) is 1.09. The van der Waals surface area contributed by atoms with Gasteiger partial charge >= 0.3 is 0 Å². The first-order valence-corrected chi connectivity index (χ1v) is 4.01. The van der Waals surface area contributed by atoms with Crippen LogP contribution in [0.1, 0.15) is 18.5 Å². The fourth-order valence-electron chi connectivity index (χ4n) is 1.36. The zero-order valence-electron chi connectivity index (χ0n) is 6.91. The van der Waals surface area contributed by atoms with Crippen LogP contribution in [-0.2, 0) is 4.79 Å². The molecule has 1 aromatic heterocycles. The van der Waals surface area contributed by atoms with Gasteiger partial charge in [-0.3, -0.25) is 9.69 Å². The number of carbonyl (C=O) groups excluding carboxylic acids is 1. The Morgan fingerprint density at radius 3 is 3.00 bits per heavy atom. The van der Waals surface area contributed by atoms with Crippen molar-refractivity contribution in [1.29, 1.82) is 0 Å². The van der Waals surface area contributed by atoms with Gasteiger partial charge < -0.3 is 4.52 Å². The molecule has 0 unspecified atom stereocenters. The van der Waals surface area contributed by atoms with E-state index in [4.69, 9.17) is 4.52 Å². The highest BCUT2D eigenvalue weighted by molar-refractivity contribution is 5.93. The molecule has 0 bridgehead atoms. The van der Waals surface area contributed by atoms with Crippen molar-refractivity contribution in [2.24, 2.45) is 0 Å². The molecule has 0 atom stereocenters. The smallest absolute Gasteiger partial charge is 0.234 e. The first-order valence-electron chi connectivity index (χ1n) is 4.01. The molecule has 1 aliphatic heterocycles. The molecule has 64 valence electrons. The van der Waals surface area contributed by atoms with Gasteiger partial charge in [0.05, 0.1) is 5.69 Å². The molecular weight excluding hydrogens is 156 g/mol. The molecule has 0 N–H and O–H groups in total. The molecule has 0 radical (unpaired) electrons. The number of carbonyl (C=O) groups is 1. The Morgan fingerprint density at radius 2 is 2.50 bits per heavy atom. The molecule has 1 amide bonds. The average molecular weight is 166 g/mol. The largest absolute Gasteiger partial charge is 0.338 e. The fourth-order valence-corrected chi connectivity index (χ4v) is 1.36. The number of hydrogen-bond acceptors (Lipinski definition) is 3. The van der Waals surface area contributed by atoms with E-state index in [1.165, 1.54) is 0 Å². The van der Waals surface area contributed by atoms with Crippen LogP contribution >= 0.6 is 0 Å². The molecule has 12 heavy (non-hydrogen) atoms. The van der Waals surface area contributed by atoms with E-state index < -0.39 is 0 Å². The Morgan fingerprint density at radius 1 is 1.67 bits per heavy atom. The molecule has 1 fully saturated rings. The zero-order chi connectivity index (χ0) is 8.55. The highest BCUT2D eigenvalue weighted by Crippen LogP contribution is 2.21. The minimum Gasteiger partial charge on any atom is -0.338 e. The molecule has 0 spiro atoms. The third-order valence-electron chi connectivity index (χ3n) is 1.95. The summed E-state index contributed by atoms with van der Waals surface area (Å²) >= 11 is 0.